The number of rotatable bonds is 4. The van der Waals surface area contributed by atoms with Crippen molar-refractivity contribution in [3.8, 4) is 0 Å². The summed E-state index contributed by atoms with van der Waals surface area (Å²) >= 11 is 6.86. The first-order valence-electron chi connectivity index (χ1n) is 4.35. The van der Waals surface area contributed by atoms with Crippen molar-refractivity contribution in [1.82, 2.24) is 14.5 Å². The van der Waals surface area contributed by atoms with E-state index < -0.39 is 0 Å². The summed E-state index contributed by atoms with van der Waals surface area (Å²) in [6, 6.07) is 0.299. The lowest BCUT2D eigenvalue weighted by molar-refractivity contribution is 0.493. The Balaban J connectivity index is 3.25. The quantitative estimate of drug-likeness (QED) is 0.475. The molecule has 0 bridgehead atoms. The molecule has 0 aliphatic rings. The summed E-state index contributed by atoms with van der Waals surface area (Å²) in [6.07, 6.45) is 4.00. The van der Waals surface area contributed by atoms with E-state index in [1.54, 1.807) is 33.3 Å². The third kappa shape index (κ3) is 3.37. The maximum atomic E-state index is 5.26. The van der Waals surface area contributed by atoms with Gasteiger partial charge in [-0.15, -0.1) is 0 Å². The summed E-state index contributed by atoms with van der Waals surface area (Å²) in [5.41, 5.74) is 0. The Bertz CT molecular complexity index is 388. The maximum Gasteiger partial charge on any atom is 0.204 e. The van der Waals surface area contributed by atoms with Gasteiger partial charge in [0.15, 0.2) is 5.16 Å². The van der Waals surface area contributed by atoms with Crippen LogP contribution in [0.4, 0.5) is 0 Å². The number of hydrogen-bond acceptors (Lipinski definition) is 6. The molecule has 0 atom stereocenters. The molecular formula is C8H13N3S4. The Morgan fingerprint density at radius 3 is 2.40 bits per heavy atom. The minimum absolute atomic E-state index is 0.299. The van der Waals surface area contributed by atoms with Gasteiger partial charge in [-0.1, -0.05) is 22.6 Å². The molecule has 0 saturated heterocycles. The second-order valence-electron chi connectivity index (χ2n) is 2.99. The average Bonchev–Trinajstić information content (AvgIpc) is 2.16. The van der Waals surface area contributed by atoms with Gasteiger partial charge in [0.25, 0.3) is 0 Å². The molecule has 0 N–H and O–H groups in total. The van der Waals surface area contributed by atoms with E-state index in [0.717, 1.165) is 10.3 Å². The molecule has 0 unspecified atom stereocenters. The van der Waals surface area contributed by atoms with Gasteiger partial charge in [0.1, 0.15) is 0 Å². The zero-order valence-electron chi connectivity index (χ0n) is 9.05. The summed E-state index contributed by atoms with van der Waals surface area (Å²) in [5, 5.41) is 1.68. The van der Waals surface area contributed by atoms with Gasteiger partial charge in [-0.3, -0.25) is 4.57 Å². The van der Waals surface area contributed by atoms with Crippen molar-refractivity contribution in [2.45, 2.75) is 30.2 Å². The van der Waals surface area contributed by atoms with Gasteiger partial charge in [-0.2, -0.15) is 9.97 Å². The van der Waals surface area contributed by atoms with Gasteiger partial charge < -0.3 is 0 Å². The van der Waals surface area contributed by atoms with Crippen molar-refractivity contribution in [2.24, 2.45) is 0 Å². The third-order valence-corrected chi connectivity index (χ3v) is 4.04. The van der Waals surface area contributed by atoms with E-state index in [1.165, 1.54) is 0 Å². The Morgan fingerprint density at radius 1 is 1.27 bits per heavy atom. The van der Waals surface area contributed by atoms with E-state index in [9.17, 15) is 0 Å². The first-order valence-corrected chi connectivity index (χ1v) is 8.54. The van der Waals surface area contributed by atoms with Crippen molar-refractivity contribution in [3.63, 3.8) is 0 Å². The van der Waals surface area contributed by atoms with Gasteiger partial charge >= 0.3 is 0 Å². The maximum absolute atomic E-state index is 5.26. The van der Waals surface area contributed by atoms with E-state index in [2.05, 4.69) is 23.8 Å². The molecular weight excluding hydrogens is 266 g/mol. The van der Waals surface area contributed by atoms with Gasteiger partial charge in [0, 0.05) is 6.04 Å². The summed E-state index contributed by atoms with van der Waals surface area (Å²) in [4.78, 5) is 8.74. The lowest BCUT2D eigenvalue weighted by atomic mass is 10.4. The molecule has 0 aromatic carbocycles. The third-order valence-electron chi connectivity index (χ3n) is 1.65. The number of nitrogens with zero attached hydrogens (tertiary/aromatic N) is 3. The Hall–Kier alpha value is 0.280. The second kappa shape index (κ2) is 6.12. The highest BCUT2D eigenvalue weighted by molar-refractivity contribution is 8.76. The van der Waals surface area contributed by atoms with Crippen LogP contribution in [-0.4, -0.2) is 27.0 Å². The minimum atomic E-state index is 0.299. The molecule has 0 aliphatic carbocycles. The van der Waals surface area contributed by atoms with Crippen LogP contribution in [0.5, 0.6) is 0 Å². The monoisotopic (exact) mass is 279 g/mol. The second-order valence-corrected chi connectivity index (χ2v) is 6.49. The lowest BCUT2D eigenvalue weighted by Gasteiger charge is -2.14. The molecule has 84 valence electrons. The molecule has 15 heavy (non-hydrogen) atoms. The Labute approximate surface area is 107 Å². The standard InChI is InChI=1S/C8H13N3S4/c1-5(2)11-7(12)9-6(15-14-4)10-8(11)13-3/h5H,1-4H3. The predicted octanol–water partition coefficient (Wildman–Crippen LogP) is 3.68. The molecule has 1 aromatic heterocycles. The largest absolute Gasteiger partial charge is 0.293 e. The van der Waals surface area contributed by atoms with Gasteiger partial charge in [0.05, 0.1) is 0 Å². The van der Waals surface area contributed by atoms with E-state index in [1.807, 2.05) is 17.1 Å². The molecule has 0 radical (unpaired) electrons. The molecule has 0 fully saturated rings. The van der Waals surface area contributed by atoms with Crippen LogP contribution in [0.2, 0.25) is 0 Å². The minimum Gasteiger partial charge on any atom is -0.293 e. The topological polar surface area (TPSA) is 30.7 Å². The first-order chi connectivity index (χ1) is 7.10. The fourth-order valence-electron chi connectivity index (χ4n) is 1.08. The number of thioether (sulfide) groups is 1. The number of hydrogen-bond donors (Lipinski definition) is 0. The molecule has 0 amide bonds. The van der Waals surface area contributed by atoms with Crippen molar-refractivity contribution in [2.75, 3.05) is 12.5 Å². The van der Waals surface area contributed by atoms with E-state index >= 15 is 0 Å². The molecule has 0 spiro atoms. The highest BCUT2D eigenvalue weighted by Gasteiger charge is 2.09. The van der Waals surface area contributed by atoms with Crippen LogP contribution in [0.15, 0.2) is 10.3 Å². The lowest BCUT2D eigenvalue weighted by Crippen LogP contribution is -2.10. The van der Waals surface area contributed by atoms with E-state index in [4.69, 9.17) is 12.2 Å². The highest BCUT2D eigenvalue weighted by Crippen LogP contribution is 2.27. The van der Waals surface area contributed by atoms with Crippen LogP contribution in [0.1, 0.15) is 19.9 Å². The van der Waals surface area contributed by atoms with Gasteiger partial charge in [-0.05, 0) is 49.4 Å². The van der Waals surface area contributed by atoms with Crippen molar-refractivity contribution >= 4 is 45.6 Å². The normalized spacial score (nSPS) is 11.0. The number of aromatic nitrogens is 3. The SMILES string of the molecule is CSSc1nc(SC)n(C(C)C)c(=S)n1. The van der Waals surface area contributed by atoms with Crippen LogP contribution >= 0.6 is 45.6 Å². The predicted molar refractivity (Wildman–Crippen MR) is 72.4 cm³/mol. The molecule has 1 aromatic rings. The fraction of sp³-hybridized carbons (Fsp3) is 0.625. The summed E-state index contributed by atoms with van der Waals surface area (Å²) in [5.74, 6) is 0. The van der Waals surface area contributed by atoms with E-state index in [-0.39, 0.29) is 0 Å². The molecule has 3 nitrogen and oxygen atoms in total. The van der Waals surface area contributed by atoms with Crippen LogP contribution in [-0.2, 0) is 0 Å². The van der Waals surface area contributed by atoms with Crippen molar-refractivity contribution < 1.29 is 0 Å². The molecule has 0 aliphatic heterocycles. The average molecular weight is 279 g/mol. The molecule has 1 heterocycles. The first kappa shape index (κ1) is 13.3. The summed E-state index contributed by atoms with van der Waals surface area (Å²) in [6.45, 7) is 4.17. The zero-order valence-corrected chi connectivity index (χ0v) is 12.3. The Kier molecular flexibility index (Phi) is 5.45. The fourth-order valence-corrected chi connectivity index (χ4v) is 3.37. The van der Waals surface area contributed by atoms with Crippen molar-refractivity contribution in [3.05, 3.63) is 4.77 Å². The van der Waals surface area contributed by atoms with Crippen LogP contribution < -0.4 is 0 Å². The summed E-state index contributed by atoms with van der Waals surface area (Å²) < 4.78 is 2.59. The van der Waals surface area contributed by atoms with E-state index in [0.29, 0.717) is 10.8 Å². The molecule has 1 rings (SSSR count). The molecule has 7 heteroatoms. The summed E-state index contributed by atoms with van der Waals surface area (Å²) in [7, 11) is 3.16. The van der Waals surface area contributed by atoms with Crippen LogP contribution in [0, 0.1) is 4.77 Å². The zero-order chi connectivity index (χ0) is 11.4. The Morgan fingerprint density at radius 2 is 1.93 bits per heavy atom. The van der Waals surface area contributed by atoms with Crippen LogP contribution in [0.3, 0.4) is 0 Å². The molecule has 0 saturated carbocycles. The highest BCUT2D eigenvalue weighted by atomic mass is 33.1. The smallest absolute Gasteiger partial charge is 0.204 e. The van der Waals surface area contributed by atoms with Crippen LogP contribution in [0.25, 0.3) is 0 Å². The van der Waals surface area contributed by atoms with Gasteiger partial charge in [0.2, 0.25) is 9.93 Å². The van der Waals surface area contributed by atoms with Crippen molar-refractivity contribution in [1.29, 1.82) is 0 Å². The van der Waals surface area contributed by atoms with Gasteiger partial charge in [-0.25, -0.2) is 0 Å².